The zero-order valence-electron chi connectivity index (χ0n) is 13.6. The standard InChI is InChI=1S/C16H22F2N2O3S/c1-2-12-5-3-4-10-20(12)16(21)8-9-19-24(22,23)13-6-7-14(17)15(18)11-13/h6-7,11-12,19H,2-5,8-10H2,1H3. The molecule has 1 heterocycles. The van der Waals surface area contributed by atoms with Crippen LogP contribution >= 0.6 is 0 Å². The zero-order chi connectivity index (χ0) is 17.7. The lowest BCUT2D eigenvalue weighted by Gasteiger charge is -2.35. The highest BCUT2D eigenvalue weighted by atomic mass is 32.2. The number of halogens is 2. The quantitative estimate of drug-likeness (QED) is 0.847. The lowest BCUT2D eigenvalue weighted by atomic mass is 9.99. The first-order chi connectivity index (χ1) is 11.3. The Bertz CT molecular complexity index is 695. The number of amides is 1. The highest BCUT2D eigenvalue weighted by Crippen LogP contribution is 2.20. The number of nitrogens with one attached hydrogen (secondary N) is 1. The predicted octanol–water partition coefficient (Wildman–Crippen LogP) is 2.42. The molecule has 2 rings (SSSR count). The first-order valence-corrected chi connectivity index (χ1v) is 9.57. The normalized spacial score (nSPS) is 18.6. The molecule has 0 radical (unpaired) electrons. The van der Waals surface area contributed by atoms with Crippen molar-refractivity contribution < 1.29 is 22.0 Å². The van der Waals surface area contributed by atoms with Crippen LogP contribution in [0.4, 0.5) is 8.78 Å². The molecule has 1 aliphatic heterocycles. The molecule has 134 valence electrons. The van der Waals surface area contributed by atoms with Gasteiger partial charge in [0.15, 0.2) is 11.6 Å². The molecule has 0 aliphatic carbocycles. The van der Waals surface area contributed by atoms with Crippen molar-refractivity contribution in [3.05, 3.63) is 29.8 Å². The van der Waals surface area contributed by atoms with Crippen molar-refractivity contribution in [2.45, 2.75) is 50.0 Å². The van der Waals surface area contributed by atoms with Crippen LogP contribution in [0, 0.1) is 11.6 Å². The lowest BCUT2D eigenvalue weighted by molar-refractivity contribution is -0.134. The van der Waals surface area contributed by atoms with Crippen LogP contribution < -0.4 is 4.72 Å². The highest BCUT2D eigenvalue weighted by molar-refractivity contribution is 7.89. The van der Waals surface area contributed by atoms with Crippen LogP contribution in [0.1, 0.15) is 39.0 Å². The number of hydrogen-bond donors (Lipinski definition) is 1. The number of benzene rings is 1. The van der Waals surface area contributed by atoms with E-state index in [-0.39, 0.29) is 29.8 Å². The van der Waals surface area contributed by atoms with E-state index in [0.29, 0.717) is 12.6 Å². The average Bonchev–Trinajstić information content (AvgIpc) is 2.56. The van der Waals surface area contributed by atoms with Gasteiger partial charge in [-0.25, -0.2) is 21.9 Å². The minimum absolute atomic E-state index is 0.0411. The predicted molar refractivity (Wildman–Crippen MR) is 85.8 cm³/mol. The largest absolute Gasteiger partial charge is 0.340 e. The number of piperidine rings is 1. The molecule has 1 saturated heterocycles. The molecule has 0 aromatic heterocycles. The molecule has 1 N–H and O–H groups in total. The summed E-state index contributed by atoms with van der Waals surface area (Å²) in [7, 11) is -3.97. The second-order valence-corrected chi connectivity index (χ2v) is 7.64. The minimum Gasteiger partial charge on any atom is -0.340 e. The first kappa shape index (κ1) is 18.8. The van der Waals surface area contributed by atoms with E-state index in [0.717, 1.165) is 37.8 Å². The summed E-state index contributed by atoms with van der Waals surface area (Å²) in [5.41, 5.74) is 0. The van der Waals surface area contributed by atoms with Gasteiger partial charge in [0.25, 0.3) is 0 Å². The Morgan fingerprint density at radius 3 is 2.71 bits per heavy atom. The zero-order valence-corrected chi connectivity index (χ0v) is 14.4. The van der Waals surface area contributed by atoms with Crippen molar-refractivity contribution in [2.24, 2.45) is 0 Å². The van der Waals surface area contributed by atoms with E-state index in [1.165, 1.54) is 0 Å². The first-order valence-electron chi connectivity index (χ1n) is 8.09. The number of carbonyl (C=O) groups is 1. The molecule has 1 amide bonds. The molecule has 1 aromatic rings. The van der Waals surface area contributed by atoms with Gasteiger partial charge < -0.3 is 4.90 Å². The molecule has 1 aliphatic rings. The van der Waals surface area contributed by atoms with Crippen LogP contribution in [-0.2, 0) is 14.8 Å². The molecule has 1 atom stereocenters. The van der Waals surface area contributed by atoms with Crippen molar-refractivity contribution in [1.82, 2.24) is 9.62 Å². The van der Waals surface area contributed by atoms with Gasteiger partial charge in [-0.3, -0.25) is 4.79 Å². The van der Waals surface area contributed by atoms with Crippen molar-refractivity contribution in [2.75, 3.05) is 13.1 Å². The highest BCUT2D eigenvalue weighted by Gasteiger charge is 2.25. The molecule has 0 spiro atoms. The second kappa shape index (κ2) is 8.02. The molecular weight excluding hydrogens is 338 g/mol. The summed E-state index contributed by atoms with van der Waals surface area (Å²) in [6.07, 6.45) is 3.96. The summed E-state index contributed by atoms with van der Waals surface area (Å²) in [5, 5.41) is 0. The fraction of sp³-hybridized carbons (Fsp3) is 0.562. The monoisotopic (exact) mass is 360 g/mol. The van der Waals surface area contributed by atoms with Crippen molar-refractivity contribution in [3.8, 4) is 0 Å². The molecule has 0 saturated carbocycles. The molecule has 1 unspecified atom stereocenters. The van der Waals surface area contributed by atoms with E-state index >= 15 is 0 Å². The molecule has 0 bridgehead atoms. The number of rotatable bonds is 6. The van der Waals surface area contributed by atoms with Crippen LogP contribution in [0.15, 0.2) is 23.1 Å². The van der Waals surface area contributed by atoms with Crippen LogP contribution in [0.2, 0.25) is 0 Å². The van der Waals surface area contributed by atoms with E-state index < -0.39 is 21.7 Å². The third-order valence-electron chi connectivity index (χ3n) is 4.25. The Labute approximate surface area is 141 Å². The molecule has 1 fully saturated rings. The number of likely N-dealkylation sites (tertiary alicyclic amines) is 1. The molecule has 24 heavy (non-hydrogen) atoms. The maximum Gasteiger partial charge on any atom is 0.240 e. The second-order valence-electron chi connectivity index (χ2n) is 5.87. The average molecular weight is 360 g/mol. The Kier molecular flexibility index (Phi) is 6.28. The van der Waals surface area contributed by atoms with Gasteiger partial charge in [-0.1, -0.05) is 6.92 Å². The Morgan fingerprint density at radius 1 is 1.29 bits per heavy atom. The minimum atomic E-state index is -3.97. The summed E-state index contributed by atoms with van der Waals surface area (Å²) in [4.78, 5) is 13.7. The van der Waals surface area contributed by atoms with E-state index in [2.05, 4.69) is 4.72 Å². The van der Waals surface area contributed by atoms with Gasteiger partial charge >= 0.3 is 0 Å². The van der Waals surface area contributed by atoms with E-state index in [4.69, 9.17) is 0 Å². The SMILES string of the molecule is CCC1CCCCN1C(=O)CCNS(=O)(=O)c1ccc(F)c(F)c1. The van der Waals surface area contributed by atoms with Crippen molar-refractivity contribution >= 4 is 15.9 Å². The van der Waals surface area contributed by atoms with Gasteiger partial charge in [-0.05, 0) is 43.9 Å². The van der Waals surface area contributed by atoms with Crippen LogP contribution in [0.3, 0.4) is 0 Å². The van der Waals surface area contributed by atoms with Crippen LogP contribution in [0.5, 0.6) is 0 Å². The third kappa shape index (κ3) is 4.51. The van der Waals surface area contributed by atoms with Crippen LogP contribution in [0.25, 0.3) is 0 Å². The molecule has 5 nitrogen and oxygen atoms in total. The Hall–Kier alpha value is -1.54. The Balaban J connectivity index is 1.92. The van der Waals surface area contributed by atoms with Gasteiger partial charge in [0.2, 0.25) is 15.9 Å². The van der Waals surface area contributed by atoms with E-state index in [9.17, 15) is 22.0 Å². The smallest absolute Gasteiger partial charge is 0.240 e. The summed E-state index contributed by atoms with van der Waals surface area (Å²) in [6.45, 7) is 2.66. The molecule has 1 aromatic carbocycles. The fourth-order valence-corrected chi connectivity index (χ4v) is 3.96. The lowest BCUT2D eigenvalue weighted by Crippen LogP contribution is -2.44. The Morgan fingerprint density at radius 2 is 2.04 bits per heavy atom. The maximum absolute atomic E-state index is 13.2. The third-order valence-corrected chi connectivity index (χ3v) is 5.71. The van der Waals surface area contributed by atoms with E-state index in [1.54, 1.807) is 0 Å². The number of nitrogens with zero attached hydrogens (tertiary/aromatic N) is 1. The van der Waals surface area contributed by atoms with Gasteiger partial charge in [0, 0.05) is 25.6 Å². The number of carbonyl (C=O) groups excluding carboxylic acids is 1. The molecule has 8 heteroatoms. The summed E-state index contributed by atoms with van der Waals surface area (Å²) in [5.74, 6) is -2.43. The van der Waals surface area contributed by atoms with Gasteiger partial charge in [0.05, 0.1) is 4.90 Å². The van der Waals surface area contributed by atoms with Crippen LogP contribution in [-0.4, -0.2) is 38.4 Å². The van der Waals surface area contributed by atoms with Gasteiger partial charge in [0.1, 0.15) is 0 Å². The van der Waals surface area contributed by atoms with Crippen molar-refractivity contribution in [1.29, 1.82) is 0 Å². The maximum atomic E-state index is 13.2. The van der Waals surface area contributed by atoms with Crippen molar-refractivity contribution in [3.63, 3.8) is 0 Å². The summed E-state index contributed by atoms with van der Waals surface area (Å²) < 4.78 is 52.4. The molecular formula is C16H22F2N2O3S. The van der Waals surface area contributed by atoms with E-state index in [1.807, 2.05) is 11.8 Å². The summed E-state index contributed by atoms with van der Waals surface area (Å²) >= 11 is 0. The topological polar surface area (TPSA) is 66.5 Å². The van der Waals surface area contributed by atoms with Gasteiger partial charge in [-0.2, -0.15) is 0 Å². The summed E-state index contributed by atoms with van der Waals surface area (Å²) in [6, 6.07) is 2.58. The number of sulfonamides is 1. The fourth-order valence-electron chi connectivity index (χ4n) is 2.92. The number of hydrogen-bond acceptors (Lipinski definition) is 3. The van der Waals surface area contributed by atoms with Gasteiger partial charge in [-0.15, -0.1) is 0 Å².